The standard InChI is InChI=1S/C17H24F2N2O3/c1-11(2)20-15(22)8-5-9-16(23)21-12(3)13-6-4-7-14(10-13)24-17(18)19/h4,6-7,10-12,17H,5,8-9H2,1-3H3,(H,20,22)(H,21,23)/t12-/m1/s1. The fourth-order valence-electron chi connectivity index (χ4n) is 2.16. The van der Waals surface area contributed by atoms with Gasteiger partial charge in [0.25, 0.3) is 0 Å². The summed E-state index contributed by atoms with van der Waals surface area (Å²) >= 11 is 0. The lowest BCUT2D eigenvalue weighted by Crippen LogP contribution is -2.30. The summed E-state index contributed by atoms with van der Waals surface area (Å²) in [7, 11) is 0. The van der Waals surface area contributed by atoms with Gasteiger partial charge in [0, 0.05) is 18.9 Å². The van der Waals surface area contributed by atoms with Gasteiger partial charge >= 0.3 is 6.61 Å². The molecule has 0 aromatic heterocycles. The van der Waals surface area contributed by atoms with Crippen LogP contribution in [0.15, 0.2) is 24.3 Å². The predicted octanol–water partition coefficient (Wildman–Crippen LogP) is 3.16. The zero-order valence-electron chi connectivity index (χ0n) is 14.1. The van der Waals surface area contributed by atoms with E-state index in [-0.39, 0.29) is 42.5 Å². The van der Waals surface area contributed by atoms with Crippen molar-refractivity contribution in [3.63, 3.8) is 0 Å². The number of carbonyl (C=O) groups excluding carboxylic acids is 2. The Labute approximate surface area is 140 Å². The van der Waals surface area contributed by atoms with E-state index in [1.165, 1.54) is 12.1 Å². The molecule has 0 heterocycles. The zero-order valence-corrected chi connectivity index (χ0v) is 14.1. The number of amides is 2. The van der Waals surface area contributed by atoms with Crippen molar-refractivity contribution in [3.05, 3.63) is 29.8 Å². The molecule has 0 bridgehead atoms. The van der Waals surface area contributed by atoms with Crippen molar-refractivity contribution < 1.29 is 23.1 Å². The molecule has 2 amide bonds. The molecule has 2 N–H and O–H groups in total. The Kier molecular flexibility index (Phi) is 8.15. The van der Waals surface area contributed by atoms with Crippen LogP contribution in [0.1, 0.15) is 51.6 Å². The van der Waals surface area contributed by atoms with Crippen LogP contribution in [-0.2, 0) is 9.59 Å². The van der Waals surface area contributed by atoms with Crippen LogP contribution in [0.2, 0.25) is 0 Å². The first-order chi connectivity index (χ1) is 11.3. The van der Waals surface area contributed by atoms with Crippen molar-refractivity contribution in [2.45, 2.75) is 58.7 Å². The normalized spacial score (nSPS) is 12.1. The van der Waals surface area contributed by atoms with Gasteiger partial charge in [0.05, 0.1) is 6.04 Å². The van der Waals surface area contributed by atoms with Crippen molar-refractivity contribution in [3.8, 4) is 5.75 Å². The van der Waals surface area contributed by atoms with Crippen LogP contribution in [0.5, 0.6) is 5.75 Å². The molecule has 0 radical (unpaired) electrons. The molecule has 1 atom stereocenters. The predicted molar refractivity (Wildman–Crippen MR) is 86.8 cm³/mol. The lowest BCUT2D eigenvalue weighted by Gasteiger charge is -2.15. The summed E-state index contributed by atoms with van der Waals surface area (Å²) in [5.74, 6) is -0.225. The van der Waals surface area contributed by atoms with Crippen LogP contribution in [0, 0.1) is 0 Å². The van der Waals surface area contributed by atoms with E-state index < -0.39 is 6.61 Å². The van der Waals surface area contributed by atoms with Crippen molar-refractivity contribution in [2.75, 3.05) is 0 Å². The monoisotopic (exact) mass is 342 g/mol. The van der Waals surface area contributed by atoms with Crippen LogP contribution in [-0.4, -0.2) is 24.5 Å². The van der Waals surface area contributed by atoms with E-state index in [4.69, 9.17) is 0 Å². The summed E-state index contributed by atoms with van der Waals surface area (Å²) in [5, 5.41) is 5.54. The van der Waals surface area contributed by atoms with Gasteiger partial charge in [-0.3, -0.25) is 9.59 Å². The summed E-state index contributed by atoms with van der Waals surface area (Å²) in [4.78, 5) is 23.4. The Bertz CT molecular complexity index is 550. The lowest BCUT2D eigenvalue weighted by molar-refractivity contribution is -0.123. The van der Waals surface area contributed by atoms with E-state index in [1.807, 2.05) is 13.8 Å². The number of halogens is 2. The number of nitrogens with one attached hydrogen (secondary N) is 2. The number of carbonyl (C=O) groups is 2. The van der Waals surface area contributed by atoms with Gasteiger partial charge in [-0.15, -0.1) is 0 Å². The SMILES string of the molecule is CC(C)NC(=O)CCCC(=O)N[C@H](C)c1cccc(OC(F)F)c1. The molecule has 5 nitrogen and oxygen atoms in total. The van der Waals surface area contributed by atoms with Gasteiger partial charge < -0.3 is 15.4 Å². The topological polar surface area (TPSA) is 67.4 Å². The molecule has 0 aliphatic carbocycles. The highest BCUT2D eigenvalue weighted by Crippen LogP contribution is 2.20. The summed E-state index contributed by atoms with van der Waals surface area (Å²) in [6.45, 7) is 2.61. The Morgan fingerprint density at radius 3 is 2.29 bits per heavy atom. The van der Waals surface area contributed by atoms with Gasteiger partial charge in [0.2, 0.25) is 11.8 Å². The van der Waals surface area contributed by atoms with Gasteiger partial charge in [-0.25, -0.2) is 0 Å². The van der Waals surface area contributed by atoms with Crippen LogP contribution < -0.4 is 15.4 Å². The zero-order chi connectivity index (χ0) is 18.1. The average molecular weight is 342 g/mol. The van der Waals surface area contributed by atoms with Crippen molar-refractivity contribution in [1.82, 2.24) is 10.6 Å². The largest absolute Gasteiger partial charge is 0.435 e. The molecular formula is C17H24F2N2O3. The average Bonchev–Trinajstić information content (AvgIpc) is 2.45. The Morgan fingerprint density at radius 1 is 1.08 bits per heavy atom. The fraction of sp³-hybridized carbons (Fsp3) is 0.529. The van der Waals surface area contributed by atoms with Crippen molar-refractivity contribution in [2.24, 2.45) is 0 Å². The molecule has 0 aliphatic heterocycles. The number of rotatable bonds is 9. The van der Waals surface area contributed by atoms with Crippen LogP contribution >= 0.6 is 0 Å². The second kappa shape index (κ2) is 9.85. The molecule has 1 rings (SSSR count). The Hall–Kier alpha value is -2.18. The molecule has 0 spiro atoms. The molecule has 0 unspecified atom stereocenters. The lowest BCUT2D eigenvalue weighted by atomic mass is 10.1. The number of hydrogen-bond donors (Lipinski definition) is 2. The fourth-order valence-corrected chi connectivity index (χ4v) is 2.16. The first-order valence-corrected chi connectivity index (χ1v) is 7.91. The van der Waals surface area contributed by atoms with Crippen molar-refractivity contribution >= 4 is 11.8 Å². The van der Waals surface area contributed by atoms with Gasteiger partial charge in [-0.1, -0.05) is 12.1 Å². The molecule has 0 fully saturated rings. The highest BCUT2D eigenvalue weighted by Gasteiger charge is 2.12. The first kappa shape index (κ1) is 19.9. The minimum atomic E-state index is -2.89. The third-order valence-electron chi connectivity index (χ3n) is 3.22. The minimum Gasteiger partial charge on any atom is -0.435 e. The first-order valence-electron chi connectivity index (χ1n) is 7.91. The summed E-state index contributed by atoms with van der Waals surface area (Å²) < 4.78 is 28.8. The highest BCUT2D eigenvalue weighted by atomic mass is 19.3. The second-order valence-corrected chi connectivity index (χ2v) is 5.82. The number of benzene rings is 1. The third kappa shape index (κ3) is 7.89. The molecule has 24 heavy (non-hydrogen) atoms. The molecule has 134 valence electrons. The quantitative estimate of drug-likeness (QED) is 0.724. The van der Waals surface area contributed by atoms with Gasteiger partial charge in [-0.05, 0) is 44.9 Å². The molecule has 1 aromatic rings. The van der Waals surface area contributed by atoms with E-state index in [2.05, 4.69) is 15.4 Å². The number of alkyl halides is 2. The maximum absolute atomic E-state index is 12.2. The van der Waals surface area contributed by atoms with E-state index in [0.29, 0.717) is 12.0 Å². The summed E-state index contributed by atoms with van der Waals surface area (Å²) in [5.41, 5.74) is 0.666. The summed E-state index contributed by atoms with van der Waals surface area (Å²) in [6.07, 6.45) is 0.965. The van der Waals surface area contributed by atoms with Gasteiger partial charge in [0.1, 0.15) is 5.75 Å². The van der Waals surface area contributed by atoms with Crippen LogP contribution in [0.25, 0.3) is 0 Å². The molecule has 1 aromatic carbocycles. The molecular weight excluding hydrogens is 318 g/mol. The highest BCUT2D eigenvalue weighted by molar-refractivity contribution is 5.79. The van der Waals surface area contributed by atoms with Gasteiger partial charge in [0.15, 0.2) is 0 Å². The second-order valence-electron chi connectivity index (χ2n) is 5.82. The molecule has 0 aliphatic rings. The maximum Gasteiger partial charge on any atom is 0.387 e. The smallest absolute Gasteiger partial charge is 0.387 e. The van der Waals surface area contributed by atoms with Crippen LogP contribution in [0.4, 0.5) is 8.78 Å². The molecule has 0 saturated carbocycles. The summed E-state index contributed by atoms with van der Waals surface area (Å²) in [6, 6.07) is 5.94. The van der Waals surface area contributed by atoms with E-state index in [0.717, 1.165) is 0 Å². The van der Waals surface area contributed by atoms with Crippen molar-refractivity contribution in [1.29, 1.82) is 0 Å². The van der Waals surface area contributed by atoms with Crippen LogP contribution in [0.3, 0.4) is 0 Å². The Balaban J connectivity index is 2.42. The molecule has 0 saturated heterocycles. The van der Waals surface area contributed by atoms with E-state index in [9.17, 15) is 18.4 Å². The molecule has 7 heteroatoms. The third-order valence-corrected chi connectivity index (χ3v) is 3.22. The van der Waals surface area contributed by atoms with E-state index >= 15 is 0 Å². The minimum absolute atomic E-state index is 0.0500. The number of ether oxygens (including phenoxy) is 1. The number of hydrogen-bond acceptors (Lipinski definition) is 3. The van der Waals surface area contributed by atoms with Gasteiger partial charge in [-0.2, -0.15) is 8.78 Å². The Morgan fingerprint density at radius 2 is 1.71 bits per heavy atom. The maximum atomic E-state index is 12.2. The van der Waals surface area contributed by atoms with E-state index in [1.54, 1.807) is 19.1 Å².